The maximum Gasteiger partial charge on any atom is 0.237 e. The van der Waals surface area contributed by atoms with Crippen LogP contribution in [0.5, 0.6) is 5.88 Å². The van der Waals surface area contributed by atoms with Crippen LogP contribution in [0.1, 0.15) is 23.7 Å². The molecule has 0 amide bonds. The third-order valence-electron chi connectivity index (χ3n) is 3.22. The van der Waals surface area contributed by atoms with Crippen LogP contribution in [-0.2, 0) is 6.42 Å². The number of ether oxygens (including phenoxy) is 1. The highest BCUT2D eigenvalue weighted by molar-refractivity contribution is 5.85. The van der Waals surface area contributed by atoms with Crippen molar-refractivity contribution in [3.05, 3.63) is 35.2 Å². The number of anilines is 1. The maximum atomic E-state index is 12.7. The van der Waals surface area contributed by atoms with Gasteiger partial charge in [-0.15, -0.1) is 0 Å². The summed E-state index contributed by atoms with van der Waals surface area (Å²) < 4.78 is 22.3. The minimum absolute atomic E-state index is 0.234. The lowest BCUT2D eigenvalue weighted by molar-refractivity contribution is 0.0809. The lowest BCUT2D eigenvalue weighted by atomic mass is 10.0. The molecule has 0 aliphatic rings. The summed E-state index contributed by atoms with van der Waals surface area (Å²) in [6.45, 7) is 3.14. The number of hydrogen-bond donors (Lipinski definition) is 1. The largest absolute Gasteiger partial charge is 0.444 e. The molecule has 0 saturated heterocycles. The Morgan fingerprint density at radius 3 is 2.86 bits per heavy atom. The Kier molecular flexibility index (Phi) is 3.58. The number of pyridine rings is 2. The molecule has 2 N–H and O–H groups in total. The molecule has 0 aliphatic carbocycles. The highest BCUT2D eigenvalue weighted by atomic mass is 19.1. The van der Waals surface area contributed by atoms with Gasteiger partial charge in [0.05, 0.1) is 5.69 Å². The van der Waals surface area contributed by atoms with Crippen molar-refractivity contribution in [2.45, 2.75) is 26.6 Å². The Morgan fingerprint density at radius 2 is 2.18 bits per heavy atom. The molecule has 0 fully saturated rings. The highest BCUT2D eigenvalue weighted by Gasteiger charge is 2.15. The van der Waals surface area contributed by atoms with Gasteiger partial charge >= 0.3 is 0 Å². The fourth-order valence-electron chi connectivity index (χ4n) is 2.17. The number of aryl methyl sites for hydroxylation is 1. The van der Waals surface area contributed by atoms with Gasteiger partial charge in [0.15, 0.2) is 5.52 Å². The van der Waals surface area contributed by atoms with Gasteiger partial charge in [0.25, 0.3) is 0 Å². The number of nitrogens with zero attached hydrogens (tertiary/aromatic N) is 4. The summed E-state index contributed by atoms with van der Waals surface area (Å²) in [6.07, 6.45) is 0.732. The molecule has 0 aromatic carbocycles. The van der Waals surface area contributed by atoms with E-state index in [0.29, 0.717) is 23.3 Å². The number of hydrogen-bond acceptors (Lipinski definition) is 7. The van der Waals surface area contributed by atoms with Gasteiger partial charge in [-0.2, -0.15) is 0 Å². The number of nitrogen functional groups attached to an aromatic ring is 1. The van der Waals surface area contributed by atoms with Crippen LogP contribution < -0.4 is 10.5 Å². The molecular formula is C14H14FN5O2. The molecule has 3 rings (SSSR count). The summed E-state index contributed by atoms with van der Waals surface area (Å²) in [4.78, 5) is 8.36. The van der Waals surface area contributed by atoms with E-state index in [-0.39, 0.29) is 5.88 Å². The van der Waals surface area contributed by atoms with Gasteiger partial charge in [-0.05, 0) is 22.8 Å². The molecule has 0 aliphatic heterocycles. The van der Waals surface area contributed by atoms with E-state index in [9.17, 15) is 4.39 Å². The Bertz CT molecular complexity index is 801. The average molecular weight is 303 g/mol. The van der Waals surface area contributed by atoms with Crippen LogP contribution in [0.25, 0.3) is 11.2 Å². The van der Waals surface area contributed by atoms with Crippen molar-refractivity contribution in [2.75, 3.05) is 5.73 Å². The molecule has 0 saturated carbocycles. The van der Waals surface area contributed by atoms with Gasteiger partial charge in [-0.25, -0.2) is 19.0 Å². The van der Waals surface area contributed by atoms with E-state index in [0.717, 1.165) is 16.8 Å². The van der Waals surface area contributed by atoms with Crippen molar-refractivity contribution in [2.24, 2.45) is 0 Å². The summed E-state index contributed by atoms with van der Waals surface area (Å²) in [6, 6.07) is 3.41. The van der Waals surface area contributed by atoms with Crippen LogP contribution >= 0.6 is 0 Å². The molecule has 3 aromatic heterocycles. The lowest BCUT2D eigenvalue weighted by Crippen LogP contribution is -2.06. The van der Waals surface area contributed by atoms with Crippen molar-refractivity contribution in [3.8, 4) is 5.88 Å². The van der Waals surface area contributed by atoms with Crippen LogP contribution in [0.15, 0.2) is 23.0 Å². The molecule has 1 atom stereocenters. The monoisotopic (exact) mass is 303 g/mol. The molecule has 22 heavy (non-hydrogen) atoms. The topological polar surface area (TPSA) is 100.0 Å². The van der Waals surface area contributed by atoms with Crippen molar-refractivity contribution in [1.29, 1.82) is 0 Å². The van der Waals surface area contributed by atoms with Crippen LogP contribution in [0.2, 0.25) is 0 Å². The Hall–Kier alpha value is -2.77. The standard InChI is InChI=1S/C14H14FN5O2/c1-7-10(12(16)13-14(18-7)20-22-19-13)5-9-3-4-11(17-6-9)21-8(2)15/h3-4,6,8H,5,16H2,1-2H3. The Morgan fingerprint density at radius 1 is 1.36 bits per heavy atom. The summed E-state index contributed by atoms with van der Waals surface area (Å²) in [5.41, 5.74) is 9.90. The first-order valence-corrected chi connectivity index (χ1v) is 6.67. The van der Waals surface area contributed by atoms with Crippen LogP contribution in [0.4, 0.5) is 10.1 Å². The molecule has 0 spiro atoms. The van der Waals surface area contributed by atoms with Gasteiger partial charge in [-0.3, -0.25) is 0 Å². The summed E-state index contributed by atoms with van der Waals surface area (Å²) in [5.74, 6) is 0.234. The van der Waals surface area contributed by atoms with E-state index < -0.39 is 6.36 Å². The third kappa shape index (κ3) is 2.67. The zero-order valence-electron chi connectivity index (χ0n) is 12.1. The van der Waals surface area contributed by atoms with E-state index in [4.69, 9.17) is 10.5 Å². The first-order chi connectivity index (χ1) is 10.5. The third-order valence-corrected chi connectivity index (χ3v) is 3.22. The van der Waals surface area contributed by atoms with Gasteiger partial charge < -0.3 is 10.5 Å². The quantitative estimate of drug-likeness (QED) is 0.788. The second-order valence-corrected chi connectivity index (χ2v) is 4.87. The normalized spacial score (nSPS) is 12.5. The van der Waals surface area contributed by atoms with E-state index in [1.54, 1.807) is 18.3 Å². The van der Waals surface area contributed by atoms with Crippen molar-refractivity contribution >= 4 is 16.9 Å². The first kappa shape index (κ1) is 14.2. The summed E-state index contributed by atoms with van der Waals surface area (Å²) in [7, 11) is 0. The Balaban J connectivity index is 1.89. The molecule has 7 nitrogen and oxygen atoms in total. The van der Waals surface area contributed by atoms with E-state index in [1.807, 2.05) is 6.92 Å². The summed E-state index contributed by atoms with van der Waals surface area (Å²) >= 11 is 0. The zero-order chi connectivity index (χ0) is 15.7. The van der Waals surface area contributed by atoms with E-state index >= 15 is 0 Å². The SMILES string of the molecule is Cc1nc2nonc2c(N)c1Cc1ccc(OC(C)F)nc1. The summed E-state index contributed by atoms with van der Waals surface area (Å²) in [5, 5.41) is 7.44. The van der Waals surface area contributed by atoms with Gasteiger partial charge in [0.1, 0.15) is 0 Å². The lowest BCUT2D eigenvalue weighted by Gasteiger charge is -2.09. The van der Waals surface area contributed by atoms with Crippen LogP contribution in [0, 0.1) is 6.92 Å². The first-order valence-electron chi connectivity index (χ1n) is 6.67. The molecule has 114 valence electrons. The number of halogens is 1. The van der Waals surface area contributed by atoms with Crippen LogP contribution in [0.3, 0.4) is 0 Å². The molecule has 8 heteroatoms. The number of alkyl halides is 1. The minimum Gasteiger partial charge on any atom is -0.444 e. The fourth-order valence-corrected chi connectivity index (χ4v) is 2.17. The number of nitrogens with two attached hydrogens (primary N) is 1. The van der Waals surface area contributed by atoms with E-state index in [1.165, 1.54) is 6.92 Å². The molecule has 1 unspecified atom stereocenters. The second kappa shape index (κ2) is 5.55. The molecule has 0 radical (unpaired) electrons. The van der Waals surface area contributed by atoms with Crippen molar-refractivity contribution in [1.82, 2.24) is 20.3 Å². The predicted molar refractivity (Wildman–Crippen MR) is 77.0 cm³/mol. The number of rotatable bonds is 4. The second-order valence-electron chi connectivity index (χ2n) is 4.87. The Labute approximate surface area is 125 Å². The van der Waals surface area contributed by atoms with Gasteiger partial charge in [0.2, 0.25) is 17.9 Å². The molecular weight excluding hydrogens is 289 g/mol. The predicted octanol–water partition coefficient (Wildman–Crippen LogP) is 2.19. The van der Waals surface area contributed by atoms with E-state index in [2.05, 4.69) is 24.9 Å². The fraction of sp³-hybridized carbons (Fsp3) is 0.286. The maximum absolute atomic E-state index is 12.7. The minimum atomic E-state index is -1.40. The van der Waals surface area contributed by atoms with Gasteiger partial charge in [0, 0.05) is 36.9 Å². The average Bonchev–Trinajstić information content (AvgIpc) is 2.93. The van der Waals surface area contributed by atoms with Crippen molar-refractivity contribution in [3.63, 3.8) is 0 Å². The van der Waals surface area contributed by atoms with Crippen LogP contribution in [-0.4, -0.2) is 26.6 Å². The van der Waals surface area contributed by atoms with Crippen molar-refractivity contribution < 1.29 is 13.8 Å². The number of aromatic nitrogens is 4. The smallest absolute Gasteiger partial charge is 0.237 e. The molecule has 0 bridgehead atoms. The molecule has 3 aromatic rings. The number of fused-ring (bicyclic) bond motifs is 1. The highest BCUT2D eigenvalue weighted by Crippen LogP contribution is 2.25. The van der Waals surface area contributed by atoms with Gasteiger partial charge in [-0.1, -0.05) is 6.07 Å². The molecule has 3 heterocycles. The zero-order valence-corrected chi connectivity index (χ0v) is 12.1.